The molecule has 13 heteroatoms. The third-order valence-corrected chi connectivity index (χ3v) is 5.98. The predicted molar refractivity (Wildman–Crippen MR) is 154 cm³/mol. The molecule has 1 aliphatic heterocycles. The summed E-state index contributed by atoms with van der Waals surface area (Å²) in [4.78, 5) is 51.7. The topological polar surface area (TPSA) is 174 Å². The van der Waals surface area contributed by atoms with Gasteiger partial charge in [-0.2, -0.15) is 0 Å². The number of amides is 4. The fourth-order valence-corrected chi connectivity index (χ4v) is 4.05. The van der Waals surface area contributed by atoms with Crippen molar-refractivity contribution in [3.63, 3.8) is 0 Å². The second-order valence-electron chi connectivity index (χ2n) is 10.3. The Morgan fingerprint density at radius 2 is 1.80 bits per heavy atom. The van der Waals surface area contributed by atoms with Crippen LogP contribution in [0, 0.1) is 0 Å². The molecule has 41 heavy (non-hydrogen) atoms. The molecular weight excluding hydrogens is 528 g/mol. The lowest BCUT2D eigenvalue weighted by Gasteiger charge is -2.30. The molecule has 0 bridgehead atoms. The molecule has 0 spiro atoms. The van der Waals surface area contributed by atoms with Gasteiger partial charge in [-0.05, 0) is 38.8 Å². The van der Waals surface area contributed by atoms with Gasteiger partial charge in [0.25, 0.3) is 5.91 Å². The van der Waals surface area contributed by atoms with Crippen molar-refractivity contribution in [2.75, 3.05) is 48.8 Å². The Kier molecular flexibility index (Phi) is 9.30. The van der Waals surface area contributed by atoms with E-state index in [1.807, 2.05) is 30.3 Å². The van der Waals surface area contributed by atoms with Gasteiger partial charge < -0.3 is 30.7 Å². The first-order valence-electron chi connectivity index (χ1n) is 13.2. The number of nitrogens with zero attached hydrogens (tertiary/aromatic N) is 4. The molecule has 3 heterocycles. The van der Waals surface area contributed by atoms with Gasteiger partial charge in [-0.1, -0.05) is 24.3 Å². The number of carbonyl (C=O) groups is 3. The molecule has 1 fully saturated rings. The molecular formula is C28H34N8O5. The van der Waals surface area contributed by atoms with Crippen LogP contribution in [0.1, 0.15) is 36.8 Å². The Morgan fingerprint density at radius 3 is 2.51 bits per heavy atom. The zero-order valence-corrected chi connectivity index (χ0v) is 23.3. The van der Waals surface area contributed by atoms with Crippen molar-refractivity contribution < 1.29 is 23.9 Å². The molecule has 0 radical (unpaired) electrons. The van der Waals surface area contributed by atoms with Crippen LogP contribution in [0.4, 0.5) is 26.8 Å². The summed E-state index contributed by atoms with van der Waals surface area (Å²) in [5.41, 5.74) is 8.87. The van der Waals surface area contributed by atoms with Crippen LogP contribution in [-0.4, -0.2) is 71.4 Å². The van der Waals surface area contributed by atoms with Crippen molar-refractivity contribution in [2.24, 2.45) is 0 Å². The minimum atomic E-state index is -0.810. The van der Waals surface area contributed by atoms with Gasteiger partial charge in [0, 0.05) is 31.4 Å². The van der Waals surface area contributed by atoms with E-state index in [0.29, 0.717) is 50.7 Å². The van der Waals surface area contributed by atoms with Crippen molar-refractivity contribution in [1.82, 2.24) is 25.6 Å². The molecule has 1 aromatic carbocycles. The summed E-state index contributed by atoms with van der Waals surface area (Å²) in [6.45, 7) is 8.06. The van der Waals surface area contributed by atoms with Crippen LogP contribution in [0.15, 0.2) is 48.9 Å². The number of hydrogen-bond donors (Lipinski definition) is 4. The summed E-state index contributed by atoms with van der Waals surface area (Å²) in [6, 6.07) is 8.65. The molecule has 4 amide bonds. The number of urea groups is 1. The summed E-state index contributed by atoms with van der Waals surface area (Å²) in [7, 11) is 0. The summed E-state index contributed by atoms with van der Waals surface area (Å²) < 4.78 is 10.5. The second kappa shape index (κ2) is 13.0. The summed E-state index contributed by atoms with van der Waals surface area (Å²) in [5.74, 6) is -0.484. The largest absolute Gasteiger partial charge is 0.443 e. The standard InChI is InChI=1S/C28H34N8O5/c1-28(2,3)41-27(39)35-26(38)31-11-8-18-4-6-19(7-5-18)20-17-32-24(29)23(33-20)25(37)34-21-16-30-10-9-22(21)36-12-14-40-15-13-36/h4-7,9-10,16-17H,8,11-15H2,1-3H3,(H2,29,32)(H,34,37)(H2,31,35,38,39). The molecule has 0 unspecified atom stereocenters. The van der Waals surface area contributed by atoms with Crippen molar-refractivity contribution >= 4 is 35.2 Å². The van der Waals surface area contributed by atoms with Crippen molar-refractivity contribution in [3.8, 4) is 11.3 Å². The van der Waals surface area contributed by atoms with Crippen LogP contribution in [0.5, 0.6) is 0 Å². The number of anilines is 3. The number of pyridine rings is 1. The number of nitrogen functional groups attached to an aromatic ring is 1. The second-order valence-corrected chi connectivity index (χ2v) is 10.3. The van der Waals surface area contributed by atoms with Gasteiger partial charge in [0.15, 0.2) is 11.5 Å². The van der Waals surface area contributed by atoms with Crippen molar-refractivity contribution in [1.29, 1.82) is 0 Å². The molecule has 13 nitrogen and oxygen atoms in total. The van der Waals surface area contributed by atoms with E-state index < -0.39 is 23.6 Å². The number of imide groups is 1. The fraction of sp³-hybridized carbons (Fsp3) is 0.357. The molecule has 2 aromatic heterocycles. The maximum Gasteiger partial charge on any atom is 0.415 e. The third-order valence-electron chi connectivity index (χ3n) is 5.98. The Bertz CT molecular complexity index is 1380. The molecule has 1 aliphatic rings. The maximum atomic E-state index is 13.2. The van der Waals surface area contributed by atoms with Gasteiger partial charge in [-0.3, -0.25) is 9.78 Å². The number of nitrogens with two attached hydrogens (primary N) is 1. The lowest BCUT2D eigenvalue weighted by Crippen LogP contribution is -2.42. The Hall–Kier alpha value is -4.78. The average molecular weight is 563 g/mol. The van der Waals surface area contributed by atoms with Gasteiger partial charge in [-0.15, -0.1) is 0 Å². The van der Waals surface area contributed by atoms with Crippen LogP contribution in [-0.2, 0) is 15.9 Å². The highest BCUT2D eigenvalue weighted by molar-refractivity contribution is 6.07. The number of ether oxygens (including phenoxy) is 2. The molecule has 5 N–H and O–H groups in total. The number of nitrogens with one attached hydrogen (secondary N) is 3. The lowest BCUT2D eigenvalue weighted by molar-refractivity contribution is 0.0547. The molecule has 1 saturated heterocycles. The smallest absolute Gasteiger partial charge is 0.415 e. The minimum absolute atomic E-state index is 0.00329. The first-order chi connectivity index (χ1) is 19.6. The number of aromatic nitrogens is 3. The number of alkyl carbamates (subject to hydrolysis) is 1. The molecule has 216 valence electrons. The van der Waals surface area contributed by atoms with Crippen molar-refractivity contribution in [2.45, 2.75) is 32.8 Å². The summed E-state index contributed by atoms with van der Waals surface area (Å²) in [5, 5.41) is 7.62. The molecule has 0 saturated carbocycles. The van der Waals surface area contributed by atoms with E-state index in [1.54, 1.807) is 33.2 Å². The number of hydrogen-bond acceptors (Lipinski definition) is 10. The van der Waals surface area contributed by atoms with Crippen LogP contribution >= 0.6 is 0 Å². The maximum absolute atomic E-state index is 13.2. The highest BCUT2D eigenvalue weighted by Gasteiger charge is 2.20. The van der Waals surface area contributed by atoms with E-state index >= 15 is 0 Å². The minimum Gasteiger partial charge on any atom is -0.443 e. The van der Waals surface area contributed by atoms with Crippen LogP contribution < -0.4 is 26.6 Å². The van der Waals surface area contributed by atoms with E-state index in [1.165, 1.54) is 6.20 Å². The quantitative estimate of drug-likeness (QED) is 0.335. The lowest BCUT2D eigenvalue weighted by atomic mass is 10.1. The van der Waals surface area contributed by atoms with E-state index in [0.717, 1.165) is 16.8 Å². The number of rotatable bonds is 7. The zero-order chi connectivity index (χ0) is 29.4. The Morgan fingerprint density at radius 1 is 1.07 bits per heavy atom. The van der Waals surface area contributed by atoms with E-state index in [2.05, 4.69) is 35.8 Å². The van der Waals surface area contributed by atoms with Gasteiger partial charge in [-0.25, -0.2) is 24.9 Å². The van der Waals surface area contributed by atoms with Gasteiger partial charge in [0.1, 0.15) is 5.60 Å². The average Bonchev–Trinajstić information content (AvgIpc) is 2.93. The number of benzene rings is 1. The van der Waals surface area contributed by atoms with E-state index in [4.69, 9.17) is 15.2 Å². The predicted octanol–water partition coefficient (Wildman–Crippen LogP) is 2.99. The highest BCUT2D eigenvalue weighted by atomic mass is 16.6. The summed E-state index contributed by atoms with van der Waals surface area (Å²) >= 11 is 0. The fourth-order valence-electron chi connectivity index (χ4n) is 4.05. The normalized spacial score (nSPS) is 13.3. The molecule has 0 aliphatic carbocycles. The van der Waals surface area contributed by atoms with Gasteiger partial charge in [0.2, 0.25) is 0 Å². The van der Waals surface area contributed by atoms with Crippen molar-refractivity contribution in [3.05, 3.63) is 60.2 Å². The van der Waals surface area contributed by atoms with Crippen LogP contribution in [0.2, 0.25) is 0 Å². The van der Waals surface area contributed by atoms with Crippen LogP contribution in [0.3, 0.4) is 0 Å². The van der Waals surface area contributed by atoms with Crippen LogP contribution in [0.25, 0.3) is 11.3 Å². The molecule has 0 atom stereocenters. The molecule has 4 rings (SSSR count). The summed E-state index contributed by atoms with van der Waals surface area (Å²) in [6.07, 6.45) is 4.49. The zero-order valence-electron chi connectivity index (χ0n) is 23.3. The number of carbonyl (C=O) groups excluding carboxylic acids is 3. The highest BCUT2D eigenvalue weighted by Crippen LogP contribution is 2.27. The van der Waals surface area contributed by atoms with E-state index in [-0.39, 0.29) is 11.5 Å². The number of morpholine rings is 1. The Labute approximate surface area is 237 Å². The first-order valence-corrected chi connectivity index (χ1v) is 13.2. The molecule has 3 aromatic rings. The first kappa shape index (κ1) is 29.2. The monoisotopic (exact) mass is 562 g/mol. The third kappa shape index (κ3) is 8.35. The Balaban J connectivity index is 1.36. The van der Waals surface area contributed by atoms with E-state index in [9.17, 15) is 14.4 Å². The van der Waals surface area contributed by atoms with Gasteiger partial charge in [0.05, 0.1) is 42.7 Å². The van der Waals surface area contributed by atoms with Gasteiger partial charge >= 0.3 is 12.1 Å². The SMILES string of the molecule is CC(C)(C)OC(=O)NC(=O)NCCc1ccc(-c2cnc(N)c(C(=O)Nc3cnccc3N3CCOCC3)n2)cc1.